The van der Waals surface area contributed by atoms with Crippen molar-refractivity contribution in [2.45, 2.75) is 19.1 Å². The summed E-state index contributed by atoms with van der Waals surface area (Å²) in [6.45, 7) is 3.08. The molecule has 0 amide bonds. The Kier molecular flexibility index (Phi) is 5.26. The maximum absolute atomic E-state index is 12.5. The molecule has 1 aliphatic rings. The number of hydrogen-bond donors (Lipinski definition) is 0. The lowest BCUT2D eigenvalue weighted by Gasteiger charge is -2.20. The van der Waals surface area contributed by atoms with Crippen molar-refractivity contribution in [3.8, 4) is 0 Å². The Morgan fingerprint density at radius 3 is 2.27 bits per heavy atom. The van der Waals surface area contributed by atoms with Crippen LogP contribution in [0.15, 0.2) is 24.3 Å². The van der Waals surface area contributed by atoms with Gasteiger partial charge in [-0.3, -0.25) is 0 Å². The molecular weight excluding hydrogens is 324 g/mol. The Bertz CT molecular complexity index is 729. The first-order valence-electron chi connectivity index (χ1n) is 7.17. The summed E-state index contributed by atoms with van der Waals surface area (Å²) in [5, 5.41) is 0. The van der Waals surface area contributed by atoms with Gasteiger partial charge in [-0.2, -0.15) is 0 Å². The van der Waals surface area contributed by atoms with Crippen molar-refractivity contribution >= 4 is 20.0 Å². The summed E-state index contributed by atoms with van der Waals surface area (Å²) in [6, 6.07) is 7.42. The molecule has 0 aliphatic carbocycles. The van der Waals surface area contributed by atoms with Gasteiger partial charge < -0.3 is 0 Å². The van der Waals surface area contributed by atoms with Crippen LogP contribution in [-0.2, 0) is 25.8 Å². The first kappa shape index (κ1) is 17.4. The van der Waals surface area contributed by atoms with E-state index in [1.807, 2.05) is 25.1 Å². The van der Waals surface area contributed by atoms with E-state index in [1.54, 1.807) is 6.07 Å². The minimum absolute atomic E-state index is 0.0481. The summed E-state index contributed by atoms with van der Waals surface area (Å²) in [4.78, 5) is 0. The molecule has 1 aromatic carbocycles. The number of nitrogens with zero attached hydrogens (tertiary/aromatic N) is 2. The molecule has 0 unspecified atom stereocenters. The van der Waals surface area contributed by atoms with Crippen molar-refractivity contribution in [1.82, 2.24) is 8.61 Å². The van der Waals surface area contributed by atoms with Crippen LogP contribution in [-0.4, -0.2) is 57.9 Å². The molecule has 2 rings (SSSR count). The second-order valence-corrected chi connectivity index (χ2v) is 9.61. The van der Waals surface area contributed by atoms with Gasteiger partial charge >= 0.3 is 0 Å². The highest BCUT2D eigenvalue weighted by Crippen LogP contribution is 2.15. The summed E-state index contributed by atoms with van der Waals surface area (Å²) in [5.74, 6) is -0.0481. The molecule has 6 nitrogen and oxygen atoms in total. The van der Waals surface area contributed by atoms with Crippen molar-refractivity contribution in [3.05, 3.63) is 35.4 Å². The molecule has 22 heavy (non-hydrogen) atoms. The van der Waals surface area contributed by atoms with Crippen LogP contribution in [0, 0.1) is 6.92 Å². The highest BCUT2D eigenvalue weighted by Gasteiger charge is 2.28. The van der Waals surface area contributed by atoms with E-state index in [0.29, 0.717) is 19.5 Å². The van der Waals surface area contributed by atoms with Crippen molar-refractivity contribution in [2.75, 3.05) is 32.4 Å². The Hall–Kier alpha value is -0.960. The largest absolute Gasteiger partial charge is 0.218 e. The summed E-state index contributed by atoms with van der Waals surface area (Å²) >= 11 is 0. The van der Waals surface area contributed by atoms with Gasteiger partial charge in [0.2, 0.25) is 20.0 Å². The fourth-order valence-electron chi connectivity index (χ4n) is 2.58. The molecule has 124 valence electrons. The third-order valence-electron chi connectivity index (χ3n) is 3.71. The standard InChI is InChI=1S/C14H22N2O4S2/c1-13-5-3-6-14(11-13)12-22(19,20)16-8-4-7-15(9-10-16)21(2,17)18/h3,5-6,11H,4,7-10,12H2,1-2H3. The highest BCUT2D eigenvalue weighted by molar-refractivity contribution is 7.88. The molecule has 0 aromatic heterocycles. The van der Waals surface area contributed by atoms with E-state index in [4.69, 9.17) is 0 Å². The van der Waals surface area contributed by atoms with Gasteiger partial charge in [0.1, 0.15) is 0 Å². The number of hydrogen-bond acceptors (Lipinski definition) is 4. The number of sulfonamides is 2. The lowest BCUT2D eigenvalue weighted by Crippen LogP contribution is -2.37. The molecule has 1 saturated heterocycles. The Labute approximate surface area is 132 Å². The fraction of sp³-hybridized carbons (Fsp3) is 0.571. The predicted octanol–water partition coefficient (Wildman–Crippen LogP) is 0.792. The van der Waals surface area contributed by atoms with Crippen LogP contribution in [0.4, 0.5) is 0 Å². The van der Waals surface area contributed by atoms with Crippen molar-refractivity contribution < 1.29 is 16.8 Å². The maximum Gasteiger partial charge on any atom is 0.218 e. The van der Waals surface area contributed by atoms with Gasteiger partial charge in [-0.15, -0.1) is 0 Å². The molecule has 0 atom stereocenters. The summed E-state index contributed by atoms with van der Waals surface area (Å²) < 4.78 is 51.0. The van der Waals surface area contributed by atoms with Gasteiger partial charge in [0.15, 0.2) is 0 Å². The number of aryl methyl sites for hydroxylation is 1. The quantitative estimate of drug-likeness (QED) is 0.808. The lowest BCUT2D eigenvalue weighted by atomic mass is 10.2. The van der Waals surface area contributed by atoms with Crippen LogP contribution in [0.3, 0.4) is 0 Å². The molecule has 1 fully saturated rings. The van der Waals surface area contributed by atoms with E-state index in [0.717, 1.165) is 17.4 Å². The Morgan fingerprint density at radius 1 is 1.00 bits per heavy atom. The Morgan fingerprint density at radius 2 is 1.64 bits per heavy atom. The van der Waals surface area contributed by atoms with E-state index >= 15 is 0 Å². The third-order valence-corrected chi connectivity index (χ3v) is 6.86. The summed E-state index contributed by atoms with van der Waals surface area (Å²) in [6.07, 6.45) is 1.67. The lowest BCUT2D eigenvalue weighted by molar-refractivity contribution is 0.406. The van der Waals surface area contributed by atoms with Crippen molar-refractivity contribution in [3.63, 3.8) is 0 Å². The number of rotatable bonds is 4. The smallest absolute Gasteiger partial charge is 0.213 e. The molecule has 0 saturated carbocycles. The van der Waals surface area contributed by atoms with Gasteiger partial charge in [0, 0.05) is 26.2 Å². The van der Waals surface area contributed by atoms with Crippen molar-refractivity contribution in [2.24, 2.45) is 0 Å². The Balaban J connectivity index is 2.10. The van der Waals surface area contributed by atoms with E-state index in [9.17, 15) is 16.8 Å². The zero-order valence-electron chi connectivity index (χ0n) is 12.9. The second kappa shape index (κ2) is 6.66. The average Bonchev–Trinajstić information content (AvgIpc) is 2.63. The number of benzene rings is 1. The van der Waals surface area contributed by atoms with E-state index in [2.05, 4.69) is 0 Å². The maximum atomic E-state index is 12.5. The fourth-order valence-corrected chi connectivity index (χ4v) is 5.01. The van der Waals surface area contributed by atoms with Gasteiger partial charge in [0.05, 0.1) is 12.0 Å². The molecule has 1 aromatic rings. The first-order chi connectivity index (χ1) is 10.2. The first-order valence-corrected chi connectivity index (χ1v) is 10.6. The van der Waals surface area contributed by atoms with E-state index < -0.39 is 20.0 Å². The van der Waals surface area contributed by atoms with Crippen LogP contribution in [0.25, 0.3) is 0 Å². The third kappa shape index (κ3) is 4.52. The average molecular weight is 346 g/mol. The van der Waals surface area contributed by atoms with Gasteiger partial charge in [0.25, 0.3) is 0 Å². The zero-order chi connectivity index (χ0) is 16.4. The molecule has 0 radical (unpaired) electrons. The van der Waals surface area contributed by atoms with E-state index in [1.165, 1.54) is 8.61 Å². The van der Waals surface area contributed by atoms with Crippen LogP contribution < -0.4 is 0 Å². The van der Waals surface area contributed by atoms with Gasteiger partial charge in [-0.1, -0.05) is 29.8 Å². The zero-order valence-corrected chi connectivity index (χ0v) is 14.5. The van der Waals surface area contributed by atoms with Gasteiger partial charge in [-0.25, -0.2) is 25.4 Å². The predicted molar refractivity (Wildman–Crippen MR) is 86.4 cm³/mol. The molecular formula is C14H22N2O4S2. The van der Waals surface area contributed by atoms with Gasteiger partial charge in [-0.05, 0) is 18.9 Å². The van der Waals surface area contributed by atoms with E-state index in [-0.39, 0.29) is 18.8 Å². The molecule has 0 N–H and O–H groups in total. The van der Waals surface area contributed by atoms with Crippen LogP contribution >= 0.6 is 0 Å². The minimum atomic E-state index is -3.43. The SMILES string of the molecule is Cc1cccc(CS(=O)(=O)N2CCCN(S(C)(=O)=O)CC2)c1. The molecule has 8 heteroatoms. The minimum Gasteiger partial charge on any atom is -0.213 e. The summed E-state index contributed by atoms with van der Waals surface area (Å²) in [5.41, 5.74) is 1.77. The van der Waals surface area contributed by atoms with Crippen LogP contribution in [0.2, 0.25) is 0 Å². The monoisotopic (exact) mass is 346 g/mol. The normalized spacial score (nSPS) is 19.0. The topological polar surface area (TPSA) is 74.8 Å². The van der Waals surface area contributed by atoms with Crippen LogP contribution in [0.1, 0.15) is 17.5 Å². The molecule has 0 spiro atoms. The second-order valence-electron chi connectivity index (χ2n) is 5.66. The molecule has 0 bridgehead atoms. The van der Waals surface area contributed by atoms with Crippen molar-refractivity contribution in [1.29, 1.82) is 0 Å². The summed E-state index contributed by atoms with van der Waals surface area (Å²) in [7, 11) is -6.70. The molecule has 1 heterocycles. The molecule has 1 aliphatic heterocycles. The van der Waals surface area contributed by atoms with Crippen LogP contribution in [0.5, 0.6) is 0 Å². The highest BCUT2D eigenvalue weighted by atomic mass is 32.2.